The molecule has 1 fully saturated rings. The summed E-state index contributed by atoms with van der Waals surface area (Å²) < 4.78 is 32.7. The summed E-state index contributed by atoms with van der Waals surface area (Å²) >= 11 is 3.39. The normalized spacial score (nSPS) is 20.2. The Morgan fingerprint density at radius 1 is 1.50 bits per heavy atom. The van der Waals surface area contributed by atoms with E-state index in [1.807, 2.05) is 25.1 Å². The van der Waals surface area contributed by atoms with Gasteiger partial charge >= 0.3 is 0 Å². The molecule has 6 heteroatoms. The summed E-state index contributed by atoms with van der Waals surface area (Å²) in [6.45, 7) is 3.13. The molecule has 0 unspecified atom stereocenters. The van der Waals surface area contributed by atoms with Gasteiger partial charge in [-0.2, -0.15) is 0 Å². The Morgan fingerprint density at radius 2 is 2.28 bits per heavy atom. The molecule has 0 spiro atoms. The highest BCUT2D eigenvalue weighted by molar-refractivity contribution is 9.10. The molecule has 1 N–H and O–H groups in total. The summed E-state index contributed by atoms with van der Waals surface area (Å²) in [5.74, 6) is 0. The minimum atomic E-state index is -3.27. The van der Waals surface area contributed by atoms with Gasteiger partial charge in [0.2, 0.25) is 10.0 Å². The number of sulfonamides is 1. The van der Waals surface area contributed by atoms with E-state index < -0.39 is 15.3 Å². The van der Waals surface area contributed by atoms with E-state index >= 15 is 0 Å². The number of hydrogen-bond acceptors (Lipinski definition) is 3. The number of hydrogen-bond donors (Lipinski definition) is 1. The average molecular weight is 334 g/mol. The van der Waals surface area contributed by atoms with E-state index in [-0.39, 0.29) is 0 Å². The molecule has 1 aromatic rings. The Bertz CT molecular complexity index is 524. The summed E-state index contributed by atoms with van der Waals surface area (Å²) in [5, 5.41) is -0.409. The van der Waals surface area contributed by atoms with Crippen molar-refractivity contribution in [3.8, 4) is 0 Å². The van der Waals surface area contributed by atoms with Crippen LogP contribution >= 0.6 is 15.9 Å². The first-order valence-corrected chi connectivity index (χ1v) is 8.14. The van der Waals surface area contributed by atoms with Gasteiger partial charge in [0.15, 0.2) is 0 Å². The van der Waals surface area contributed by atoms with E-state index in [0.29, 0.717) is 26.2 Å². The third-order valence-corrected chi connectivity index (χ3v) is 5.38. The van der Waals surface area contributed by atoms with Crippen LogP contribution in [0.4, 0.5) is 0 Å². The number of halogens is 1. The van der Waals surface area contributed by atoms with Crippen LogP contribution in [0.1, 0.15) is 17.5 Å². The van der Waals surface area contributed by atoms with Crippen LogP contribution in [0.3, 0.4) is 0 Å². The van der Waals surface area contributed by atoms with Gasteiger partial charge in [0.1, 0.15) is 5.25 Å². The molecule has 1 aromatic carbocycles. The van der Waals surface area contributed by atoms with Crippen molar-refractivity contribution in [3.63, 3.8) is 0 Å². The van der Waals surface area contributed by atoms with Gasteiger partial charge in [-0.05, 0) is 36.6 Å². The molecular weight excluding hydrogens is 318 g/mol. The van der Waals surface area contributed by atoms with Gasteiger partial charge in [-0.15, -0.1) is 0 Å². The topological polar surface area (TPSA) is 55.4 Å². The fourth-order valence-corrected chi connectivity index (χ4v) is 3.66. The minimum Gasteiger partial charge on any atom is -0.380 e. The quantitative estimate of drug-likeness (QED) is 0.916. The van der Waals surface area contributed by atoms with Crippen molar-refractivity contribution in [1.29, 1.82) is 0 Å². The molecule has 0 saturated carbocycles. The molecule has 0 radical (unpaired) electrons. The number of rotatable bonds is 4. The second-order valence-electron chi connectivity index (χ2n) is 4.42. The number of ether oxygens (including phenoxy) is 1. The highest BCUT2D eigenvalue weighted by Crippen LogP contribution is 2.17. The largest absolute Gasteiger partial charge is 0.380 e. The molecule has 1 aliphatic rings. The molecule has 18 heavy (non-hydrogen) atoms. The summed E-state index contributed by atoms with van der Waals surface area (Å²) in [6.07, 6.45) is 0.578. The van der Waals surface area contributed by atoms with Gasteiger partial charge in [0.05, 0.1) is 6.61 Å². The molecule has 1 saturated heterocycles. The van der Waals surface area contributed by atoms with Crippen LogP contribution in [0.2, 0.25) is 0 Å². The van der Waals surface area contributed by atoms with Gasteiger partial charge in [-0.25, -0.2) is 13.1 Å². The summed E-state index contributed by atoms with van der Waals surface area (Å²) in [6, 6.07) is 5.81. The molecule has 1 atom stereocenters. The zero-order valence-corrected chi connectivity index (χ0v) is 12.6. The van der Waals surface area contributed by atoms with E-state index in [0.717, 1.165) is 15.6 Å². The van der Waals surface area contributed by atoms with Crippen molar-refractivity contribution in [2.45, 2.75) is 25.1 Å². The van der Waals surface area contributed by atoms with Gasteiger partial charge in [0.25, 0.3) is 0 Å². The molecule has 2 rings (SSSR count). The van der Waals surface area contributed by atoms with Crippen molar-refractivity contribution in [3.05, 3.63) is 33.8 Å². The molecule has 1 heterocycles. The lowest BCUT2D eigenvalue weighted by Crippen LogP contribution is -2.34. The molecule has 100 valence electrons. The lowest BCUT2D eigenvalue weighted by molar-refractivity contribution is 0.198. The smallest absolute Gasteiger partial charge is 0.217 e. The first kappa shape index (κ1) is 14.0. The maximum absolute atomic E-state index is 12.0. The van der Waals surface area contributed by atoms with Crippen LogP contribution in [0.5, 0.6) is 0 Å². The minimum absolute atomic E-state index is 0.300. The van der Waals surface area contributed by atoms with Crippen molar-refractivity contribution >= 4 is 26.0 Å². The van der Waals surface area contributed by atoms with Crippen LogP contribution in [0, 0.1) is 6.92 Å². The van der Waals surface area contributed by atoms with Crippen LogP contribution in [0.25, 0.3) is 0 Å². The molecule has 0 aliphatic carbocycles. The third kappa shape index (κ3) is 3.32. The molecule has 0 bridgehead atoms. The Kier molecular flexibility index (Phi) is 4.42. The highest BCUT2D eigenvalue weighted by atomic mass is 79.9. The lowest BCUT2D eigenvalue weighted by atomic mass is 10.1. The monoisotopic (exact) mass is 333 g/mol. The van der Waals surface area contributed by atoms with Gasteiger partial charge in [-0.1, -0.05) is 22.0 Å². The zero-order valence-electron chi connectivity index (χ0n) is 10.1. The first-order chi connectivity index (χ1) is 8.49. The lowest BCUT2D eigenvalue weighted by Gasteiger charge is -2.12. The third-order valence-electron chi connectivity index (χ3n) is 3.10. The number of nitrogens with one attached hydrogen (secondary N) is 1. The second kappa shape index (κ2) is 5.69. The molecule has 4 nitrogen and oxygen atoms in total. The Balaban J connectivity index is 2.02. The predicted molar refractivity (Wildman–Crippen MR) is 73.9 cm³/mol. The average Bonchev–Trinajstić information content (AvgIpc) is 2.82. The fourth-order valence-electron chi connectivity index (χ4n) is 1.91. The number of aryl methyl sites for hydroxylation is 1. The summed E-state index contributed by atoms with van der Waals surface area (Å²) in [5.41, 5.74) is 2.05. The van der Waals surface area contributed by atoms with Crippen molar-refractivity contribution in [1.82, 2.24) is 4.72 Å². The Hall–Kier alpha value is -0.430. The summed E-state index contributed by atoms with van der Waals surface area (Å²) in [4.78, 5) is 0. The predicted octanol–water partition coefficient (Wildman–Crippen LogP) is 1.97. The van der Waals surface area contributed by atoms with E-state index in [1.165, 1.54) is 0 Å². The first-order valence-electron chi connectivity index (χ1n) is 5.80. The van der Waals surface area contributed by atoms with E-state index in [1.54, 1.807) is 0 Å². The van der Waals surface area contributed by atoms with Crippen molar-refractivity contribution in [2.24, 2.45) is 0 Å². The van der Waals surface area contributed by atoms with Crippen LogP contribution in [0.15, 0.2) is 22.7 Å². The molecule has 0 aromatic heterocycles. The van der Waals surface area contributed by atoms with Gasteiger partial charge < -0.3 is 4.74 Å². The Labute approximate surface area is 116 Å². The Morgan fingerprint density at radius 3 is 2.89 bits per heavy atom. The van der Waals surface area contributed by atoms with Crippen molar-refractivity contribution in [2.75, 3.05) is 13.2 Å². The second-order valence-corrected chi connectivity index (χ2v) is 7.38. The fraction of sp³-hybridized carbons (Fsp3) is 0.500. The van der Waals surface area contributed by atoms with E-state index in [4.69, 9.17) is 4.74 Å². The number of benzene rings is 1. The zero-order chi connectivity index (χ0) is 13.2. The SMILES string of the molecule is Cc1cc(Br)ccc1CNS(=O)(=O)[C@H]1CCOC1. The van der Waals surface area contributed by atoms with E-state index in [9.17, 15) is 8.42 Å². The van der Waals surface area contributed by atoms with Gasteiger partial charge in [0, 0.05) is 17.6 Å². The molecular formula is C12H16BrNO3S. The van der Waals surface area contributed by atoms with Crippen LogP contribution in [-0.4, -0.2) is 26.9 Å². The standard InChI is InChI=1S/C12H16BrNO3S/c1-9-6-11(13)3-2-10(9)7-14-18(15,16)12-4-5-17-8-12/h2-3,6,12,14H,4-5,7-8H2,1H3/t12-/m0/s1. The maximum atomic E-state index is 12.0. The molecule has 0 amide bonds. The summed E-state index contributed by atoms with van der Waals surface area (Å²) in [7, 11) is -3.27. The maximum Gasteiger partial charge on any atom is 0.217 e. The van der Waals surface area contributed by atoms with Crippen LogP contribution < -0.4 is 4.72 Å². The molecule has 1 aliphatic heterocycles. The van der Waals surface area contributed by atoms with E-state index in [2.05, 4.69) is 20.7 Å². The van der Waals surface area contributed by atoms with Crippen LogP contribution in [-0.2, 0) is 21.3 Å². The van der Waals surface area contributed by atoms with Crippen molar-refractivity contribution < 1.29 is 13.2 Å². The van der Waals surface area contributed by atoms with Gasteiger partial charge in [-0.3, -0.25) is 0 Å². The highest BCUT2D eigenvalue weighted by Gasteiger charge is 2.29.